The molecule has 2 unspecified atom stereocenters. The molecule has 154 valence electrons. The molecule has 2 heterocycles. The molecule has 1 fully saturated rings. The molecule has 0 aliphatic carbocycles. The number of hydrogen-bond acceptors (Lipinski definition) is 3. The maximum absolute atomic E-state index is 14.6. The summed E-state index contributed by atoms with van der Waals surface area (Å²) in [5, 5.41) is 0. The van der Waals surface area contributed by atoms with Gasteiger partial charge >= 0.3 is 0 Å². The maximum atomic E-state index is 14.6. The quantitative estimate of drug-likeness (QED) is 0.659. The Morgan fingerprint density at radius 3 is 2.55 bits per heavy atom. The third-order valence-electron chi connectivity index (χ3n) is 5.55. The van der Waals surface area contributed by atoms with Gasteiger partial charge in [0, 0.05) is 36.2 Å². The van der Waals surface area contributed by atoms with Crippen molar-refractivity contribution >= 4 is 27.5 Å². The number of fused-ring (bicyclic) bond motifs is 1. The predicted octanol–water partition coefficient (Wildman–Crippen LogP) is 4.79. The zero-order chi connectivity index (χ0) is 20.5. The minimum atomic E-state index is -0.352. The molecule has 1 saturated heterocycles. The molecule has 0 saturated carbocycles. The van der Waals surface area contributed by atoms with E-state index in [0.29, 0.717) is 22.3 Å². The second kappa shape index (κ2) is 8.54. The van der Waals surface area contributed by atoms with Gasteiger partial charge < -0.3 is 9.64 Å². The van der Waals surface area contributed by atoms with Gasteiger partial charge in [-0.1, -0.05) is 28.1 Å². The summed E-state index contributed by atoms with van der Waals surface area (Å²) in [6, 6.07) is 11.1. The Kier molecular flexibility index (Phi) is 6.04. The Morgan fingerprint density at radius 1 is 1.17 bits per heavy atom. The lowest BCUT2D eigenvalue weighted by molar-refractivity contribution is -0.0704. The fourth-order valence-corrected chi connectivity index (χ4v) is 4.91. The zero-order valence-corrected chi connectivity index (χ0v) is 18.4. The summed E-state index contributed by atoms with van der Waals surface area (Å²) in [6.45, 7) is 7.38. The normalized spacial score (nSPS) is 22.4. The summed E-state index contributed by atoms with van der Waals surface area (Å²) in [7, 11) is 0. The molecule has 2 atom stereocenters. The van der Waals surface area contributed by atoms with Crippen LogP contribution in [-0.4, -0.2) is 42.6 Å². The van der Waals surface area contributed by atoms with Crippen LogP contribution in [0.3, 0.4) is 0 Å². The van der Waals surface area contributed by atoms with Crippen molar-refractivity contribution in [3.05, 3.63) is 63.4 Å². The molecular formula is C23H26BrFN2O2. The van der Waals surface area contributed by atoms with Gasteiger partial charge in [0.25, 0.3) is 5.91 Å². The van der Waals surface area contributed by atoms with Gasteiger partial charge in [0.05, 0.1) is 17.9 Å². The van der Waals surface area contributed by atoms with Crippen molar-refractivity contribution in [2.45, 2.75) is 45.4 Å². The van der Waals surface area contributed by atoms with Crippen LogP contribution >= 0.6 is 15.9 Å². The van der Waals surface area contributed by atoms with E-state index in [1.807, 2.05) is 30.3 Å². The number of aryl methyl sites for hydroxylation is 1. The Balaban J connectivity index is 1.50. The van der Waals surface area contributed by atoms with Crippen LogP contribution in [0.25, 0.3) is 0 Å². The molecule has 0 bridgehead atoms. The van der Waals surface area contributed by atoms with E-state index in [-0.39, 0.29) is 23.9 Å². The van der Waals surface area contributed by atoms with E-state index >= 15 is 0 Å². The first kappa shape index (κ1) is 20.5. The van der Waals surface area contributed by atoms with Gasteiger partial charge in [-0.3, -0.25) is 9.69 Å². The number of nitrogens with zero attached hydrogens (tertiary/aromatic N) is 2. The second-order valence-electron chi connectivity index (χ2n) is 8.10. The predicted molar refractivity (Wildman–Crippen MR) is 116 cm³/mol. The average Bonchev–Trinajstić information content (AvgIpc) is 2.66. The number of ether oxygens (including phenoxy) is 1. The van der Waals surface area contributed by atoms with Crippen molar-refractivity contribution in [2.24, 2.45) is 0 Å². The number of rotatable bonds is 3. The van der Waals surface area contributed by atoms with Crippen LogP contribution in [0.2, 0.25) is 0 Å². The van der Waals surface area contributed by atoms with Gasteiger partial charge in [0.1, 0.15) is 5.82 Å². The number of anilines is 1. The van der Waals surface area contributed by atoms with Crippen LogP contribution in [0, 0.1) is 5.82 Å². The van der Waals surface area contributed by atoms with Gasteiger partial charge in [0.15, 0.2) is 0 Å². The van der Waals surface area contributed by atoms with E-state index in [4.69, 9.17) is 4.74 Å². The van der Waals surface area contributed by atoms with E-state index < -0.39 is 0 Å². The molecule has 4 rings (SSSR count). The topological polar surface area (TPSA) is 32.8 Å². The number of morpholine rings is 1. The minimum absolute atomic E-state index is 0.146. The molecule has 0 spiro atoms. The number of hydrogen-bond donors (Lipinski definition) is 0. The zero-order valence-electron chi connectivity index (χ0n) is 16.8. The van der Waals surface area contributed by atoms with Crippen LogP contribution in [-0.2, 0) is 17.7 Å². The highest BCUT2D eigenvalue weighted by Gasteiger charge is 2.27. The van der Waals surface area contributed by atoms with Crippen LogP contribution in [0.15, 0.2) is 40.9 Å². The summed E-state index contributed by atoms with van der Waals surface area (Å²) >= 11 is 3.34. The van der Waals surface area contributed by atoms with Gasteiger partial charge in [-0.25, -0.2) is 4.39 Å². The highest BCUT2D eigenvalue weighted by molar-refractivity contribution is 9.10. The summed E-state index contributed by atoms with van der Waals surface area (Å²) in [5.74, 6) is -0.498. The van der Waals surface area contributed by atoms with E-state index in [0.717, 1.165) is 43.6 Å². The Hall–Kier alpha value is -1.76. The number of carbonyl (C=O) groups excluding carboxylic acids is 1. The molecular weight excluding hydrogens is 435 g/mol. The molecule has 0 aromatic heterocycles. The molecule has 4 nitrogen and oxygen atoms in total. The van der Waals surface area contributed by atoms with E-state index in [2.05, 4.69) is 34.7 Å². The third-order valence-corrected chi connectivity index (χ3v) is 6.01. The number of amides is 1. The Morgan fingerprint density at radius 2 is 1.86 bits per heavy atom. The highest BCUT2D eigenvalue weighted by Crippen LogP contribution is 2.33. The first-order valence-corrected chi connectivity index (χ1v) is 11.0. The second-order valence-corrected chi connectivity index (χ2v) is 9.02. The van der Waals surface area contributed by atoms with Crippen molar-refractivity contribution in [3.8, 4) is 0 Å². The smallest absolute Gasteiger partial charge is 0.258 e. The lowest BCUT2D eigenvalue weighted by Crippen LogP contribution is -2.44. The molecule has 2 aromatic rings. The third kappa shape index (κ3) is 4.55. The maximum Gasteiger partial charge on any atom is 0.258 e. The van der Waals surface area contributed by atoms with E-state index in [1.54, 1.807) is 4.90 Å². The largest absolute Gasteiger partial charge is 0.373 e. The number of carbonyl (C=O) groups is 1. The number of benzene rings is 2. The molecule has 0 N–H and O–H groups in total. The highest BCUT2D eigenvalue weighted by atomic mass is 79.9. The van der Waals surface area contributed by atoms with E-state index in [1.165, 1.54) is 6.07 Å². The van der Waals surface area contributed by atoms with Crippen LogP contribution in [0.5, 0.6) is 0 Å². The van der Waals surface area contributed by atoms with Crippen molar-refractivity contribution in [1.29, 1.82) is 0 Å². The molecule has 2 aliphatic heterocycles. The lowest BCUT2D eigenvalue weighted by Gasteiger charge is -2.35. The van der Waals surface area contributed by atoms with Crippen LogP contribution in [0.4, 0.5) is 10.1 Å². The molecule has 29 heavy (non-hydrogen) atoms. The van der Waals surface area contributed by atoms with Crippen molar-refractivity contribution in [1.82, 2.24) is 4.90 Å². The summed E-state index contributed by atoms with van der Waals surface area (Å²) in [5.41, 5.74) is 3.05. The lowest BCUT2D eigenvalue weighted by atomic mass is 10.00. The van der Waals surface area contributed by atoms with Crippen LogP contribution in [0.1, 0.15) is 41.8 Å². The SMILES string of the molecule is CC1CN(Cc2ccc(C(=O)N3CCCc4cc(Br)cc(F)c43)cc2)CC(C)O1. The minimum Gasteiger partial charge on any atom is -0.373 e. The first-order valence-electron chi connectivity index (χ1n) is 10.2. The van der Waals surface area contributed by atoms with Crippen molar-refractivity contribution in [2.75, 3.05) is 24.5 Å². The number of halogens is 2. The van der Waals surface area contributed by atoms with Gasteiger partial charge in [-0.05, 0) is 62.1 Å². The monoisotopic (exact) mass is 460 g/mol. The van der Waals surface area contributed by atoms with Crippen molar-refractivity contribution < 1.29 is 13.9 Å². The summed E-state index contributed by atoms with van der Waals surface area (Å²) in [6.07, 6.45) is 2.08. The summed E-state index contributed by atoms with van der Waals surface area (Å²) in [4.78, 5) is 17.1. The summed E-state index contributed by atoms with van der Waals surface area (Å²) < 4.78 is 21.1. The fourth-order valence-electron chi connectivity index (χ4n) is 4.43. The first-order chi connectivity index (χ1) is 13.9. The Labute approximate surface area is 179 Å². The molecule has 6 heteroatoms. The average molecular weight is 461 g/mol. The van der Waals surface area contributed by atoms with Gasteiger partial charge in [-0.15, -0.1) is 0 Å². The standard InChI is InChI=1S/C23H26BrFN2O2/c1-15-12-26(13-16(2)29-15)14-17-5-7-18(8-6-17)23(28)27-9-3-4-19-10-20(24)11-21(25)22(19)27/h5-8,10-11,15-16H,3-4,9,12-14H2,1-2H3. The molecule has 2 aromatic carbocycles. The fraction of sp³-hybridized carbons (Fsp3) is 0.435. The van der Waals surface area contributed by atoms with Crippen molar-refractivity contribution in [3.63, 3.8) is 0 Å². The van der Waals surface area contributed by atoms with Crippen LogP contribution < -0.4 is 4.90 Å². The Bertz CT molecular complexity index is 892. The van der Waals surface area contributed by atoms with E-state index in [9.17, 15) is 9.18 Å². The molecule has 2 aliphatic rings. The molecule has 1 amide bonds. The van der Waals surface area contributed by atoms with Gasteiger partial charge in [-0.2, -0.15) is 0 Å². The van der Waals surface area contributed by atoms with Gasteiger partial charge in [0.2, 0.25) is 0 Å². The molecule has 0 radical (unpaired) electrons.